The minimum Gasteiger partial charge on any atom is -0.453 e. The van der Waals surface area contributed by atoms with Gasteiger partial charge in [0.05, 0.1) is 0 Å². The van der Waals surface area contributed by atoms with E-state index in [2.05, 4.69) is 29.5 Å². The van der Waals surface area contributed by atoms with E-state index >= 15 is 0 Å². The Kier molecular flexibility index (Phi) is 3.80. The molecule has 2 nitrogen and oxygen atoms in total. The average molecular weight is 282 g/mol. The molecular weight excluding hydrogens is 267 g/mol. The molecule has 0 aromatic heterocycles. The van der Waals surface area contributed by atoms with Gasteiger partial charge < -0.3 is 4.74 Å². The molecule has 1 aliphatic rings. The molecule has 0 N–H and O–H groups in total. The van der Waals surface area contributed by atoms with Gasteiger partial charge in [0.15, 0.2) is 4.11 Å². The molecule has 1 saturated carbocycles. The van der Waals surface area contributed by atoms with Crippen LogP contribution in [0.3, 0.4) is 0 Å². The second-order valence-corrected chi connectivity index (χ2v) is 4.89. The Morgan fingerprint density at radius 2 is 2.00 bits per heavy atom. The highest BCUT2D eigenvalue weighted by Gasteiger charge is 2.35. The van der Waals surface area contributed by atoms with Gasteiger partial charge in [-0.1, -0.05) is 26.2 Å². The third-order valence-corrected chi connectivity index (χ3v) is 4.52. The fourth-order valence-electron chi connectivity index (χ4n) is 1.80. The van der Waals surface area contributed by atoms with Crippen LogP contribution < -0.4 is 0 Å². The van der Waals surface area contributed by atoms with E-state index in [1.165, 1.54) is 32.1 Å². The zero-order valence-electron chi connectivity index (χ0n) is 7.38. The molecule has 0 heterocycles. The van der Waals surface area contributed by atoms with Crippen LogP contribution in [0.25, 0.3) is 0 Å². The van der Waals surface area contributed by atoms with Gasteiger partial charge in [-0.05, 0) is 35.4 Å². The van der Waals surface area contributed by atoms with Gasteiger partial charge in [-0.25, -0.2) is 0 Å². The second-order valence-electron chi connectivity index (χ2n) is 3.76. The third-order valence-electron chi connectivity index (χ3n) is 2.72. The van der Waals surface area contributed by atoms with Gasteiger partial charge in [0.2, 0.25) is 0 Å². The summed E-state index contributed by atoms with van der Waals surface area (Å²) in [5.74, 6) is 0. The topological polar surface area (TPSA) is 26.3 Å². The van der Waals surface area contributed by atoms with Gasteiger partial charge in [0.1, 0.15) is 0 Å². The Labute approximate surface area is 87.2 Å². The van der Waals surface area contributed by atoms with Crippen molar-refractivity contribution in [3.63, 3.8) is 0 Å². The lowest BCUT2D eigenvalue weighted by atomic mass is 9.76. The molecule has 0 aromatic carbocycles. The lowest BCUT2D eigenvalue weighted by Gasteiger charge is -2.36. The zero-order valence-corrected chi connectivity index (χ0v) is 9.54. The first kappa shape index (κ1) is 10.3. The van der Waals surface area contributed by atoms with Crippen molar-refractivity contribution in [2.75, 3.05) is 0 Å². The van der Waals surface area contributed by atoms with Crippen LogP contribution in [-0.2, 0) is 9.53 Å². The molecule has 0 bridgehead atoms. The predicted octanol–water partition coefficient (Wildman–Crippen LogP) is 2.89. The van der Waals surface area contributed by atoms with Crippen LogP contribution in [0.15, 0.2) is 0 Å². The largest absolute Gasteiger partial charge is 0.453 e. The smallest absolute Gasteiger partial charge is 0.294 e. The molecule has 0 aromatic rings. The molecule has 0 aliphatic heterocycles. The molecule has 0 spiro atoms. The van der Waals surface area contributed by atoms with Gasteiger partial charge in [-0.15, -0.1) is 0 Å². The van der Waals surface area contributed by atoms with Crippen LogP contribution in [0.2, 0.25) is 0 Å². The number of hydrogen-bond donors (Lipinski definition) is 0. The van der Waals surface area contributed by atoms with Crippen LogP contribution in [-0.4, -0.2) is 10.6 Å². The van der Waals surface area contributed by atoms with Crippen LogP contribution in [0.5, 0.6) is 0 Å². The lowest BCUT2D eigenvalue weighted by molar-refractivity contribution is -0.133. The summed E-state index contributed by atoms with van der Waals surface area (Å²) in [6.45, 7) is 2.78. The number of alkyl halides is 1. The molecule has 1 fully saturated rings. The normalized spacial score (nSPS) is 24.5. The van der Waals surface area contributed by atoms with Gasteiger partial charge in [-0.2, -0.15) is 0 Å². The predicted molar refractivity (Wildman–Crippen MR) is 56.1 cm³/mol. The quantitative estimate of drug-likeness (QED) is 0.452. The van der Waals surface area contributed by atoms with E-state index in [4.69, 9.17) is 4.74 Å². The van der Waals surface area contributed by atoms with E-state index in [1.807, 2.05) is 0 Å². The van der Waals surface area contributed by atoms with Crippen molar-refractivity contribution in [1.29, 1.82) is 0 Å². The lowest BCUT2D eigenvalue weighted by Crippen LogP contribution is -2.31. The molecule has 1 rings (SSSR count). The van der Waals surface area contributed by atoms with Crippen molar-refractivity contribution in [2.45, 2.75) is 43.1 Å². The van der Waals surface area contributed by atoms with Crippen molar-refractivity contribution in [3.05, 3.63) is 0 Å². The number of carbonyl (C=O) groups excluding carboxylic acids is 1. The maximum atomic E-state index is 10.2. The number of hydrogen-bond acceptors (Lipinski definition) is 2. The van der Waals surface area contributed by atoms with Crippen molar-refractivity contribution in [2.24, 2.45) is 5.41 Å². The number of ether oxygens (including phenoxy) is 1. The minimum absolute atomic E-state index is 0.0490. The molecule has 0 saturated heterocycles. The summed E-state index contributed by atoms with van der Waals surface area (Å²) in [5, 5.41) is 0. The van der Waals surface area contributed by atoms with E-state index < -0.39 is 0 Å². The summed E-state index contributed by atoms with van der Waals surface area (Å²) in [7, 11) is 0. The molecule has 1 unspecified atom stereocenters. The number of halogens is 1. The Balaban J connectivity index is 2.49. The van der Waals surface area contributed by atoms with Crippen LogP contribution in [0.1, 0.15) is 39.0 Å². The van der Waals surface area contributed by atoms with Crippen molar-refractivity contribution in [3.8, 4) is 0 Å². The fourth-order valence-corrected chi connectivity index (χ4v) is 2.54. The highest BCUT2D eigenvalue weighted by Crippen LogP contribution is 2.42. The van der Waals surface area contributed by atoms with E-state index in [9.17, 15) is 4.79 Å². The summed E-state index contributed by atoms with van der Waals surface area (Å²) in [4.78, 5) is 10.2. The van der Waals surface area contributed by atoms with Crippen LogP contribution >= 0.6 is 22.6 Å². The SMILES string of the molecule is CC1(C(I)OC=O)CCCCC1. The fraction of sp³-hybridized carbons (Fsp3) is 0.889. The minimum atomic E-state index is 0.0490. The summed E-state index contributed by atoms with van der Waals surface area (Å²) in [5.41, 5.74) is 0.222. The summed E-state index contributed by atoms with van der Waals surface area (Å²) in [6.07, 6.45) is 6.26. The van der Waals surface area contributed by atoms with Crippen molar-refractivity contribution in [1.82, 2.24) is 0 Å². The molecule has 12 heavy (non-hydrogen) atoms. The first-order valence-corrected chi connectivity index (χ1v) is 5.67. The Bertz CT molecular complexity index is 153. The third kappa shape index (κ3) is 2.34. The zero-order chi connectivity index (χ0) is 9.03. The first-order chi connectivity index (χ1) is 5.69. The standard InChI is InChI=1S/C9H15IO2/c1-9(8(10)12-7-11)5-3-2-4-6-9/h7-8H,2-6H2,1H3. The van der Waals surface area contributed by atoms with Crippen LogP contribution in [0.4, 0.5) is 0 Å². The van der Waals surface area contributed by atoms with E-state index in [-0.39, 0.29) is 9.53 Å². The Hall–Kier alpha value is 0.200. The average Bonchev–Trinajstić information content (AvgIpc) is 2.06. The van der Waals surface area contributed by atoms with E-state index in [0.717, 1.165) is 0 Å². The molecule has 3 heteroatoms. The van der Waals surface area contributed by atoms with Crippen molar-refractivity contribution < 1.29 is 9.53 Å². The maximum Gasteiger partial charge on any atom is 0.294 e. The molecular formula is C9H15IO2. The van der Waals surface area contributed by atoms with Crippen LogP contribution in [0, 0.1) is 5.41 Å². The van der Waals surface area contributed by atoms with Gasteiger partial charge in [0.25, 0.3) is 6.47 Å². The Morgan fingerprint density at radius 3 is 2.50 bits per heavy atom. The summed E-state index contributed by atoms with van der Waals surface area (Å²) >= 11 is 2.22. The molecule has 1 atom stereocenters. The van der Waals surface area contributed by atoms with E-state index in [1.54, 1.807) is 0 Å². The number of carbonyl (C=O) groups is 1. The van der Waals surface area contributed by atoms with Gasteiger partial charge in [0, 0.05) is 5.41 Å². The maximum absolute atomic E-state index is 10.2. The monoisotopic (exact) mass is 282 g/mol. The second kappa shape index (κ2) is 4.44. The van der Waals surface area contributed by atoms with E-state index in [0.29, 0.717) is 6.47 Å². The molecule has 0 radical (unpaired) electrons. The molecule has 1 aliphatic carbocycles. The molecule has 70 valence electrons. The Morgan fingerprint density at radius 1 is 1.42 bits per heavy atom. The first-order valence-electron chi connectivity index (χ1n) is 4.42. The summed E-state index contributed by atoms with van der Waals surface area (Å²) in [6, 6.07) is 0. The van der Waals surface area contributed by atoms with Gasteiger partial charge in [-0.3, -0.25) is 4.79 Å². The van der Waals surface area contributed by atoms with Gasteiger partial charge >= 0.3 is 0 Å². The highest BCUT2D eigenvalue weighted by molar-refractivity contribution is 14.1. The number of rotatable bonds is 3. The van der Waals surface area contributed by atoms with Crippen molar-refractivity contribution >= 4 is 29.1 Å². The molecule has 0 amide bonds. The summed E-state index contributed by atoms with van der Waals surface area (Å²) < 4.78 is 5.04. The highest BCUT2D eigenvalue weighted by atomic mass is 127.